The molecule has 0 spiro atoms. The lowest BCUT2D eigenvalue weighted by Crippen LogP contribution is -2.14. The van der Waals surface area contributed by atoms with Crippen molar-refractivity contribution in [2.24, 2.45) is 0 Å². The van der Waals surface area contributed by atoms with Crippen LogP contribution in [0.1, 0.15) is 0 Å². The third-order valence-corrected chi connectivity index (χ3v) is 5.79. The molecule has 2 heterocycles. The highest BCUT2D eigenvalue weighted by molar-refractivity contribution is 7.99. The molecule has 2 aromatic carbocycles. The van der Waals surface area contributed by atoms with Crippen LogP contribution in [0.5, 0.6) is 11.5 Å². The molecular weight excluding hydrogens is 412 g/mol. The average Bonchev–Trinajstić information content (AvgIpc) is 3.37. The summed E-state index contributed by atoms with van der Waals surface area (Å²) in [6.45, 7) is 0. The molecule has 0 aliphatic carbocycles. The summed E-state index contributed by atoms with van der Waals surface area (Å²) in [4.78, 5) is 16.8. The number of hydrogen-bond donors (Lipinski definition) is 1. The predicted molar refractivity (Wildman–Crippen MR) is 111 cm³/mol. The van der Waals surface area contributed by atoms with Crippen molar-refractivity contribution in [3.05, 3.63) is 42.5 Å². The first kappa shape index (κ1) is 19.2. The van der Waals surface area contributed by atoms with Gasteiger partial charge < -0.3 is 14.8 Å². The molecule has 1 amide bonds. The zero-order valence-electron chi connectivity index (χ0n) is 15.5. The standard InChI is InChI=1S/C18H16N6O3S2/c1-26-12-5-3-11(4-6-12)24-18(21-22-23-24)28-10-16(25)20-17-19-14-8-7-13(27-2)9-15(14)29-17/h3-9H,10H2,1-2H3,(H,19,20,25). The summed E-state index contributed by atoms with van der Waals surface area (Å²) in [6, 6.07) is 12.9. The van der Waals surface area contributed by atoms with Crippen LogP contribution in [0.2, 0.25) is 0 Å². The number of rotatable bonds is 7. The molecule has 1 N–H and O–H groups in total. The van der Waals surface area contributed by atoms with Gasteiger partial charge in [-0.2, -0.15) is 4.68 Å². The van der Waals surface area contributed by atoms with Crippen molar-refractivity contribution >= 4 is 44.4 Å². The second kappa shape index (κ2) is 8.45. The van der Waals surface area contributed by atoms with Gasteiger partial charge in [-0.25, -0.2) is 4.98 Å². The number of tetrazole rings is 1. The van der Waals surface area contributed by atoms with Crippen LogP contribution in [-0.4, -0.2) is 51.1 Å². The SMILES string of the molecule is COc1ccc(-n2nnnc2SCC(=O)Nc2nc3ccc(OC)cc3s2)cc1. The number of nitrogens with zero attached hydrogens (tertiary/aromatic N) is 5. The summed E-state index contributed by atoms with van der Waals surface area (Å²) in [5.41, 5.74) is 1.58. The second-order valence-electron chi connectivity index (χ2n) is 5.76. The maximum absolute atomic E-state index is 12.4. The summed E-state index contributed by atoms with van der Waals surface area (Å²) in [5.74, 6) is 1.45. The third kappa shape index (κ3) is 4.30. The summed E-state index contributed by atoms with van der Waals surface area (Å²) in [5, 5.41) is 15.6. The maximum atomic E-state index is 12.4. The minimum Gasteiger partial charge on any atom is -0.497 e. The monoisotopic (exact) mass is 428 g/mol. The quantitative estimate of drug-likeness (QED) is 0.448. The van der Waals surface area contributed by atoms with Gasteiger partial charge in [0.25, 0.3) is 0 Å². The molecule has 29 heavy (non-hydrogen) atoms. The number of amides is 1. The van der Waals surface area contributed by atoms with Crippen LogP contribution >= 0.6 is 23.1 Å². The number of thioether (sulfide) groups is 1. The Labute approximate surface area is 174 Å². The van der Waals surface area contributed by atoms with E-state index < -0.39 is 0 Å². The van der Waals surface area contributed by atoms with Crippen LogP contribution < -0.4 is 14.8 Å². The fraction of sp³-hybridized carbons (Fsp3) is 0.167. The molecule has 4 aromatic rings. The van der Waals surface area contributed by atoms with Gasteiger partial charge in [0.05, 0.1) is 35.9 Å². The van der Waals surface area contributed by atoms with E-state index in [1.807, 2.05) is 42.5 Å². The van der Waals surface area contributed by atoms with Crippen molar-refractivity contribution in [1.29, 1.82) is 0 Å². The van der Waals surface area contributed by atoms with Gasteiger partial charge >= 0.3 is 0 Å². The number of thiazole rings is 1. The Morgan fingerprint density at radius 1 is 1.14 bits per heavy atom. The van der Waals surface area contributed by atoms with Gasteiger partial charge in [-0.1, -0.05) is 23.1 Å². The molecule has 0 fully saturated rings. The molecule has 11 heteroatoms. The van der Waals surface area contributed by atoms with Crippen LogP contribution in [-0.2, 0) is 4.79 Å². The maximum Gasteiger partial charge on any atom is 0.236 e. The van der Waals surface area contributed by atoms with E-state index in [1.165, 1.54) is 23.1 Å². The Balaban J connectivity index is 1.41. The molecule has 148 valence electrons. The molecule has 0 radical (unpaired) electrons. The molecule has 0 atom stereocenters. The highest BCUT2D eigenvalue weighted by atomic mass is 32.2. The Morgan fingerprint density at radius 2 is 1.90 bits per heavy atom. The molecular formula is C18H16N6O3S2. The van der Waals surface area contributed by atoms with E-state index in [0.717, 1.165) is 27.4 Å². The van der Waals surface area contributed by atoms with E-state index in [-0.39, 0.29) is 11.7 Å². The lowest BCUT2D eigenvalue weighted by molar-refractivity contribution is -0.113. The number of methoxy groups -OCH3 is 2. The number of anilines is 1. The first-order chi connectivity index (χ1) is 14.2. The molecule has 0 aliphatic rings. The van der Waals surface area contributed by atoms with E-state index in [0.29, 0.717) is 10.3 Å². The van der Waals surface area contributed by atoms with Crippen molar-refractivity contribution in [2.45, 2.75) is 5.16 Å². The van der Waals surface area contributed by atoms with E-state index in [2.05, 4.69) is 25.8 Å². The van der Waals surface area contributed by atoms with E-state index in [4.69, 9.17) is 9.47 Å². The van der Waals surface area contributed by atoms with Crippen LogP contribution in [0.3, 0.4) is 0 Å². The molecule has 9 nitrogen and oxygen atoms in total. The molecule has 0 bridgehead atoms. The molecule has 0 unspecified atom stereocenters. The van der Waals surface area contributed by atoms with Crippen LogP contribution in [0.4, 0.5) is 5.13 Å². The van der Waals surface area contributed by atoms with Crippen molar-refractivity contribution in [3.8, 4) is 17.2 Å². The molecule has 4 rings (SSSR count). The number of carbonyl (C=O) groups is 1. The molecule has 2 aromatic heterocycles. The van der Waals surface area contributed by atoms with E-state index in [9.17, 15) is 4.79 Å². The zero-order chi connectivity index (χ0) is 20.2. The van der Waals surface area contributed by atoms with Crippen LogP contribution in [0, 0.1) is 0 Å². The summed E-state index contributed by atoms with van der Waals surface area (Å²) in [7, 11) is 3.22. The number of nitrogens with one attached hydrogen (secondary N) is 1. The number of carbonyl (C=O) groups excluding carboxylic acids is 1. The Bertz CT molecular complexity index is 1140. The van der Waals surface area contributed by atoms with Gasteiger partial charge in [0.2, 0.25) is 11.1 Å². The first-order valence-electron chi connectivity index (χ1n) is 8.46. The summed E-state index contributed by atoms with van der Waals surface area (Å²) < 4.78 is 12.9. The van der Waals surface area contributed by atoms with Gasteiger partial charge in [-0.3, -0.25) is 4.79 Å². The van der Waals surface area contributed by atoms with Gasteiger partial charge in [0, 0.05) is 0 Å². The molecule has 0 saturated carbocycles. The van der Waals surface area contributed by atoms with Crippen molar-refractivity contribution in [1.82, 2.24) is 25.2 Å². The van der Waals surface area contributed by atoms with Gasteiger partial charge in [-0.05, 0) is 52.9 Å². The predicted octanol–water partition coefficient (Wildman–Crippen LogP) is 3.02. The van der Waals surface area contributed by atoms with Gasteiger partial charge in [0.1, 0.15) is 11.5 Å². The summed E-state index contributed by atoms with van der Waals surface area (Å²) in [6.07, 6.45) is 0. The first-order valence-corrected chi connectivity index (χ1v) is 10.3. The van der Waals surface area contributed by atoms with Crippen molar-refractivity contribution in [2.75, 3.05) is 25.3 Å². The van der Waals surface area contributed by atoms with Crippen molar-refractivity contribution < 1.29 is 14.3 Å². The number of fused-ring (bicyclic) bond motifs is 1. The largest absolute Gasteiger partial charge is 0.497 e. The van der Waals surface area contributed by atoms with Crippen LogP contribution in [0.25, 0.3) is 15.9 Å². The number of aromatic nitrogens is 5. The van der Waals surface area contributed by atoms with E-state index in [1.54, 1.807) is 18.9 Å². The fourth-order valence-electron chi connectivity index (χ4n) is 2.53. The normalized spacial score (nSPS) is 10.8. The number of hydrogen-bond acceptors (Lipinski definition) is 9. The lowest BCUT2D eigenvalue weighted by atomic mass is 10.3. The Hall–Kier alpha value is -3.18. The lowest BCUT2D eigenvalue weighted by Gasteiger charge is -2.05. The smallest absolute Gasteiger partial charge is 0.236 e. The highest BCUT2D eigenvalue weighted by Crippen LogP contribution is 2.29. The Kier molecular flexibility index (Phi) is 5.58. The number of benzene rings is 2. The minimum atomic E-state index is -0.190. The molecule has 0 saturated heterocycles. The highest BCUT2D eigenvalue weighted by Gasteiger charge is 2.13. The Morgan fingerprint density at radius 3 is 2.66 bits per heavy atom. The third-order valence-electron chi connectivity index (χ3n) is 3.93. The summed E-state index contributed by atoms with van der Waals surface area (Å²) >= 11 is 2.63. The second-order valence-corrected chi connectivity index (χ2v) is 7.73. The molecule has 0 aliphatic heterocycles. The van der Waals surface area contributed by atoms with Gasteiger partial charge in [0.15, 0.2) is 5.13 Å². The fourth-order valence-corrected chi connectivity index (χ4v) is 4.13. The van der Waals surface area contributed by atoms with Gasteiger partial charge in [-0.15, -0.1) is 5.10 Å². The topological polar surface area (TPSA) is 104 Å². The van der Waals surface area contributed by atoms with E-state index >= 15 is 0 Å². The van der Waals surface area contributed by atoms with Crippen molar-refractivity contribution in [3.63, 3.8) is 0 Å². The minimum absolute atomic E-state index is 0.149. The zero-order valence-corrected chi connectivity index (χ0v) is 17.2. The number of ether oxygens (including phenoxy) is 2. The average molecular weight is 428 g/mol. The van der Waals surface area contributed by atoms with Crippen LogP contribution in [0.15, 0.2) is 47.6 Å².